The zero-order valence-corrected chi connectivity index (χ0v) is 10.7. The fourth-order valence-electron chi connectivity index (χ4n) is 1.89. The largest absolute Gasteiger partial charge is 0.393 e. The van der Waals surface area contributed by atoms with Crippen molar-refractivity contribution in [2.75, 3.05) is 0 Å². The Balaban J connectivity index is 2.74. The third-order valence-corrected chi connectivity index (χ3v) is 2.63. The summed E-state index contributed by atoms with van der Waals surface area (Å²) in [6.45, 7) is 6.68. The van der Waals surface area contributed by atoms with Gasteiger partial charge in [0.1, 0.15) is 5.69 Å². The SMILES string of the molecule is CC(O)CCCn1nnc(CC#N)c1C(C)C. The van der Waals surface area contributed by atoms with E-state index in [1.807, 2.05) is 4.68 Å². The van der Waals surface area contributed by atoms with Crippen LogP contribution in [0.2, 0.25) is 0 Å². The molecular formula is C12H20N4O. The minimum atomic E-state index is -0.278. The highest BCUT2D eigenvalue weighted by atomic mass is 16.3. The molecule has 1 rings (SSSR count). The van der Waals surface area contributed by atoms with Crippen molar-refractivity contribution in [2.24, 2.45) is 0 Å². The molecule has 1 unspecified atom stereocenters. The van der Waals surface area contributed by atoms with Gasteiger partial charge in [0.15, 0.2) is 0 Å². The Morgan fingerprint density at radius 3 is 2.65 bits per heavy atom. The van der Waals surface area contributed by atoms with Gasteiger partial charge in [-0.1, -0.05) is 19.1 Å². The lowest BCUT2D eigenvalue weighted by molar-refractivity contribution is 0.178. The lowest BCUT2D eigenvalue weighted by Crippen LogP contribution is -2.10. The van der Waals surface area contributed by atoms with Gasteiger partial charge in [0.05, 0.1) is 24.3 Å². The summed E-state index contributed by atoms with van der Waals surface area (Å²) in [6, 6.07) is 2.11. The van der Waals surface area contributed by atoms with Crippen LogP contribution in [-0.4, -0.2) is 26.2 Å². The third kappa shape index (κ3) is 3.82. The number of nitriles is 1. The average Bonchev–Trinajstić information content (AvgIpc) is 2.61. The second-order valence-corrected chi connectivity index (χ2v) is 4.63. The van der Waals surface area contributed by atoms with E-state index >= 15 is 0 Å². The fourth-order valence-corrected chi connectivity index (χ4v) is 1.89. The monoisotopic (exact) mass is 236 g/mol. The summed E-state index contributed by atoms with van der Waals surface area (Å²) >= 11 is 0. The maximum atomic E-state index is 9.21. The molecule has 0 aliphatic carbocycles. The topological polar surface area (TPSA) is 74.7 Å². The number of aromatic nitrogens is 3. The molecule has 0 saturated heterocycles. The van der Waals surface area contributed by atoms with Gasteiger partial charge in [-0.05, 0) is 25.7 Å². The van der Waals surface area contributed by atoms with Crippen LogP contribution in [0.1, 0.15) is 50.9 Å². The molecular weight excluding hydrogens is 216 g/mol. The Morgan fingerprint density at radius 1 is 1.41 bits per heavy atom. The Bertz CT molecular complexity index is 390. The summed E-state index contributed by atoms with van der Waals surface area (Å²) in [7, 11) is 0. The van der Waals surface area contributed by atoms with E-state index in [1.54, 1.807) is 6.92 Å². The van der Waals surface area contributed by atoms with Crippen LogP contribution >= 0.6 is 0 Å². The van der Waals surface area contributed by atoms with Crippen LogP contribution in [0.25, 0.3) is 0 Å². The van der Waals surface area contributed by atoms with Gasteiger partial charge in [-0.2, -0.15) is 5.26 Å². The van der Waals surface area contributed by atoms with Gasteiger partial charge in [-0.25, -0.2) is 4.68 Å². The highest BCUT2D eigenvalue weighted by molar-refractivity contribution is 5.17. The summed E-state index contributed by atoms with van der Waals surface area (Å²) in [6.07, 6.45) is 1.65. The van der Waals surface area contributed by atoms with E-state index in [0.717, 1.165) is 30.8 Å². The van der Waals surface area contributed by atoms with Crippen molar-refractivity contribution in [3.8, 4) is 6.07 Å². The first kappa shape index (κ1) is 13.7. The summed E-state index contributed by atoms with van der Waals surface area (Å²) < 4.78 is 1.86. The number of hydrogen-bond donors (Lipinski definition) is 1. The smallest absolute Gasteiger partial charge is 0.100 e. The van der Waals surface area contributed by atoms with Gasteiger partial charge in [-0.15, -0.1) is 5.10 Å². The van der Waals surface area contributed by atoms with Crippen molar-refractivity contribution >= 4 is 0 Å². The average molecular weight is 236 g/mol. The highest BCUT2D eigenvalue weighted by Gasteiger charge is 2.15. The highest BCUT2D eigenvalue weighted by Crippen LogP contribution is 2.18. The zero-order valence-electron chi connectivity index (χ0n) is 10.7. The van der Waals surface area contributed by atoms with Crippen molar-refractivity contribution < 1.29 is 5.11 Å². The van der Waals surface area contributed by atoms with E-state index in [1.165, 1.54) is 0 Å². The molecule has 0 fully saturated rings. The summed E-state index contributed by atoms with van der Waals surface area (Å²) in [5.74, 6) is 0.305. The Kier molecular flexibility index (Phi) is 5.11. The van der Waals surface area contributed by atoms with Gasteiger partial charge in [0, 0.05) is 6.54 Å². The van der Waals surface area contributed by atoms with Crippen LogP contribution in [0.5, 0.6) is 0 Å². The minimum absolute atomic E-state index is 0.278. The molecule has 0 bridgehead atoms. The molecule has 0 amide bonds. The van der Waals surface area contributed by atoms with Gasteiger partial charge in [0.2, 0.25) is 0 Å². The maximum absolute atomic E-state index is 9.21. The van der Waals surface area contributed by atoms with E-state index in [9.17, 15) is 5.11 Å². The van der Waals surface area contributed by atoms with Gasteiger partial charge < -0.3 is 5.11 Å². The van der Waals surface area contributed by atoms with Crippen molar-refractivity contribution in [1.29, 1.82) is 5.26 Å². The predicted octanol–water partition coefficient (Wildman–Crippen LogP) is 1.63. The number of rotatable bonds is 6. The Hall–Kier alpha value is -1.41. The molecule has 0 saturated carbocycles. The first-order valence-corrected chi connectivity index (χ1v) is 6.03. The molecule has 1 N–H and O–H groups in total. The van der Waals surface area contributed by atoms with E-state index in [4.69, 9.17) is 5.26 Å². The Morgan fingerprint density at radius 2 is 2.12 bits per heavy atom. The van der Waals surface area contributed by atoms with Crippen LogP contribution in [0.3, 0.4) is 0 Å². The van der Waals surface area contributed by atoms with Crippen LogP contribution in [0, 0.1) is 11.3 Å². The van der Waals surface area contributed by atoms with E-state index in [0.29, 0.717) is 12.3 Å². The van der Waals surface area contributed by atoms with Crippen molar-refractivity contribution in [3.05, 3.63) is 11.4 Å². The second kappa shape index (κ2) is 6.36. The van der Waals surface area contributed by atoms with E-state index in [-0.39, 0.29) is 6.10 Å². The molecule has 0 aliphatic heterocycles. The fraction of sp³-hybridized carbons (Fsp3) is 0.750. The molecule has 0 aromatic carbocycles. The molecule has 5 heteroatoms. The lowest BCUT2D eigenvalue weighted by atomic mass is 10.1. The lowest BCUT2D eigenvalue weighted by Gasteiger charge is -2.10. The van der Waals surface area contributed by atoms with Crippen molar-refractivity contribution in [3.63, 3.8) is 0 Å². The minimum Gasteiger partial charge on any atom is -0.393 e. The molecule has 1 heterocycles. The molecule has 1 atom stereocenters. The standard InChI is InChI=1S/C12H20N4O/c1-9(2)12-11(6-7-13)14-15-16(12)8-4-5-10(3)17/h9-10,17H,4-6,8H2,1-3H3. The van der Waals surface area contributed by atoms with E-state index in [2.05, 4.69) is 30.2 Å². The summed E-state index contributed by atoms with van der Waals surface area (Å²) in [5, 5.41) is 26.1. The number of aliphatic hydroxyl groups excluding tert-OH is 1. The van der Waals surface area contributed by atoms with Gasteiger partial charge in [-0.3, -0.25) is 0 Å². The van der Waals surface area contributed by atoms with Crippen molar-refractivity contribution in [1.82, 2.24) is 15.0 Å². The van der Waals surface area contributed by atoms with E-state index < -0.39 is 0 Å². The molecule has 94 valence electrons. The van der Waals surface area contributed by atoms with Crippen LogP contribution in [-0.2, 0) is 13.0 Å². The summed E-state index contributed by atoms with van der Waals surface area (Å²) in [5.41, 5.74) is 1.82. The second-order valence-electron chi connectivity index (χ2n) is 4.63. The molecule has 0 radical (unpaired) electrons. The molecule has 1 aromatic rings. The predicted molar refractivity (Wildman–Crippen MR) is 64.3 cm³/mol. The van der Waals surface area contributed by atoms with Crippen LogP contribution in [0.4, 0.5) is 0 Å². The number of hydrogen-bond acceptors (Lipinski definition) is 4. The third-order valence-electron chi connectivity index (χ3n) is 2.63. The number of aryl methyl sites for hydroxylation is 1. The molecule has 5 nitrogen and oxygen atoms in total. The molecule has 17 heavy (non-hydrogen) atoms. The quantitative estimate of drug-likeness (QED) is 0.814. The van der Waals surface area contributed by atoms with Gasteiger partial charge >= 0.3 is 0 Å². The van der Waals surface area contributed by atoms with Gasteiger partial charge in [0.25, 0.3) is 0 Å². The maximum Gasteiger partial charge on any atom is 0.100 e. The molecule has 1 aromatic heterocycles. The van der Waals surface area contributed by atoms with Crippen LogP contribution < -0.4 is 0 Å². The Labute approximate surface area is 102 Å². The number of aliphatic hydroxyl groups is 1. The normalized spacial score (nSPS) is 12.7. The number of nitrogens with zero attached hydrogens (tertiary/aromatic N) is 4. The zero-order chi connectivity index (χ0) is 12.8. The van der Waals surface area contributed by atoms with Crippen LogP contribution in [0.15, 0.2) is 0 Å². The first-order valence-electron chi connectivity index (χ1n) is 6.03. The first-order chi connectivity index (χ1) is 8.06. The summed E-state index contributed by atoms with van der Waals surface area (Å²) in [4.78, 5) is 0. The van der Waals surface area contributed by atoms with Crippen molar-refractivity contribution in [2.45, 2.75) is 58.6 Å². The molecule has 0 aliphatic rings. The molecule has 0 spiro atoms.